The van der Waals surface area contributed by atoms with Crippen molar-refractivity contribution in [2.45, 2.75) is 32.3 Å². The lowest BCUT2D eigenvalue weighted by Gasteiger charge is -2.18. The monoisotopic (exact) mass is 520 g/mol. The number of aliphatic hydroxyl groups excluding tert-OH is 2. The summed E-state index contributed by atoms with van der Waals surface area (Å²) in [6.45, 7) is 5.87. The smallest absolute Gasteiger partial charge is 0.171 e. The summed E-state index contributed by atoms with van der Waals surface area (Å²) in [5, 5.41) is 30.2. The van der Waals surface area contributed by atoms with Gasteiger partial charge in [0.15, 0.2) is 11.5 Å². The number of ether oxygens (including phenoxy) is 1. The van der Waals surface area contributed by atoms with Crippen LogP contribution >= 0.6 is 22.6 Å². The minimum Gasteiger partial charge on any atom is -0.504 e. The maximum atomic E-state index is 10.7. The van der Waals surface area contributed by atoms with E-state index in [1.165, 1.54) is 7.11 Å². The number of rotatable bonds is 10. The lowest BCUT2D eigenvalue weighted by molar-refractivity contribution is 0.202. The third kappa shape index (κ3) is 6.45. The molecule has 0 aliphatic carbocycles. The van der Waals surface area contributed by atoms with Gasteiger partial charge in [-0.15, -0.1) is 0 Å². The highest BCUT2D eigenvalue weighted by Crippen LogP contribution is 2.34. The molecule has 0 amide bonds. The first-order valence-corrected chi connectivity index (χ1v) is 11.0. The van der Waals surface area contributed by atoms with Crippen molar-refractivity contribution in [2.24, 2.45) is 0 Å². The van der Waals surface area contributed by atoms with Gasteiger partial charge in [-0.1, -0.05) is 56.0 Å². The van der Waals surface area contributed by atoms with E-state index in [0.29, 0.717) is 27.7 Å². The fourth-order valence-corrected chi connectivity index (χ4v) is 3.88. The molecule has 0 saturated heterocycles. The summed E-state index contributed by atoms with van der Waals surface area (Å²) < 4.78 is 5.99. The second-order valence-electron chi connectivity index (χ2n) is 6.94. The van der Waals surface area contributed by atoms with Gasteiger partial charge in [0, 0.05) is 0 Å². The van der Waals surface area contributed by atoms with Crippen molar-refractivity contribution in [2.75, 3.05) is 13.7 Å². The Balaban J connectivity index is 2.36. The molecule has 3 N–H and O–H groups in total. The molecule has 5 heteroatoms. The van der Waals surface area contributed by atoms with E-state index < -0.39 is 6.10 Å². The molecule has 0 spiro atoms. The summed E-state index contributed by atoms with van der Waals surface area (Å²) >= 11 is 2.08. The van der Waals surface area contributed by atoms with Crippen LogP contribution in [0.15, 0.2) is 66.3 Å². The van der Waals surface area contributed by atoms with E-state index in [1.807, 2.05) is 43.3 Å². The van der Waals surface area contributed by atoms with Crippen molar-refractivity contribution >= 4 is 34.2 Å². The maximum absolute atomic E-state index is 10.7. The van der Waals surface area contributed by atoms with Gasteiger partial charge in [-0.3, -0.25) is 0 Å². The third-order valence-electron chi connectivity index (χ3n) is 4.95. The van der Waals surface area contributed by atoms with Crippen molar-refractivity contribution in [1.29, 1.82) is 0 Å². The topological polar surface area (TPSA) is 69.9 Å². The lowest BCUT2D eigenvalue weighted by atomic mass is 9.92. The zero-order chi connectivity index (χ0) is 22.1. The van der Waals surface area contributed by atoms with Crippen molar-refractivity contribution in [3.63, 3.8) is 0 Å². The Morgan fingerprint density at radius 2 is 1.93 bits per heavy atom. The summed E-state index contributed by atoms with van der Waals surface area (Å²) in [5.41, 5.74) is 4.57. The van der Waals surface area contributed by atoms with Crippen LogP contribution in [0.25, 0.3) is 11.6 Å². The Morgan fingerprint density at radius 3 is 2.53 bits per heavy atom. The highest BCUT2D eigenvalue weighted by molar-refractivity contribution is 14.1. The molecule has 0 radical (unpaired) electrons. The van der Waals surface area contributed by atoms with Crippen LogP contribution in [0, 0.1) is 3.57 Å². The second-order valence-corrected chi connectivity index (χ2v) is 8.11. The number of aromatic hydroxyl groups is 1. The summed E-state index contributed by atoms with van der Waals surface area (Å²) in [6.07, 6.45) is 4.83. The average molecular weight is 520 g/mol. The third-order valence-corrected chi connectivity index (χ3v) is 5.77. The first-order valence-electron chi connectivity index (χ1n) is 9.90. The molecule has 0 heterocycles. The molecule has 160 valence electrons. The van der Waals surface area contributed by atoms with Crippen LogP contribution < -0.4 is 4.74 Å². The number of phenolic OH excluding ortho intramolecular Hbond substituents is 1. The number of halogens is 1. The van der Waals surface area contributed by atoms with E-state index in [2.05, 4.69) is 35.2 Å². The van der Waals surface area contributed by atoms with Crippen LogP contribution in [0.1, 0.15) is 37.3 Å². The van der Waals surface area contributed by atoms with Crippen LogP contribution in [-0.2, 0) is 0 Å². The van der Waals surface area contributed by atoms with Crippen molar-refractivity contribution in [1.82, 2.24) is 0 Å². The number of hydrogen-bond donors (Lipinski definition) is 3. The summed E-state index contributed by atoms with van der Waals surface area (Å²) in [4.78, 5) is 0. The number of allylic oxidation sites excluding steroid dienone is 1. The van der Waals surface area contributed by atoms with Gasteiger partial charge in [-0.05, 0) is 81.8 Å². The fraction of sp³-hybridized carbons (Fsp3) is 0.280. The predicted octanol–water partition coefficient (Wildman–Crippen LogP) is 5.57. The highest BCUT2D eigenvalue weighted by Gasteiger charge is 2.15. The second kappa shape index (κ2) is 11.9. The van der Waals surface area contributed by atoms with Gasteiger partial charge in [0.2, 0.25) is 0 Å². The van der Waals surface area contributed by atoms with Crippen LogP contribution in [0.2, 0.25) is 0 Å². The first-order chi connectivity index (χ1) is 14.4. The molecule has 0 fully saturated rings. The summed E-state index contributed by atoms with van der Waals surface area (Å²) in [6, 6.07) is 13.7. The molecule has 0 aromatic heterocycles. The molecule has 2 aromatic carbocycles. The number of aliphatic hydroxyl groups is 2. The lowest BCUT2D eigenvalue weighted by Crippen LogP contribution is -2.13. The van der Waals surface area contributed by atoms with Gasteiger partial charge in [0.1, 0.15) is 0 Å². The van der Waals surface area contributed by atoms with Crippen molar-refractivity contribution in [3.8, 4) is 11.5 Å². The normalized spacial score (nSPS) is 13.2. The van der Waals surface area contributed by atoms with Crippen molar-refractivity contribution in [3.05, 3.63) is 81.0 Å². The van der Waals surface area contributed by atoms with Gasteiger partial charge >= 0.3 is 0 Å². The summed E-state index contributed by atoms with van der Waals surface area (Å²) in [7, 11) is 1.53. The quantitative estimate of drug-likeness (QED) is 0.218. The molecule has 1 atom stereocenters. The number of phenols is 1. The van der Waals surface area contributed by atoms with Crippen molar-refractivity contribution < 1.29 is 20.1 Å². The molecular weight excluding hydrogens is 491 g/mol. The predicted molar refractivity (Wildman–Crippen MR) is 132 cm³/mol. The Labute approximate surface area is 192 Å². The molecule has 2 rings (SSSR count). The molecule has 1 unspecified atom stereocenters. The van der Waals surface area contributed by atoms with E-state index in [9.17, 15) is 15.3 Å². The molecule has 0 aliphatic rings. The molecule has 30 heavy (non-hydrogen) atoms. The van der Waals surface area contributed by atoms with Gasteiger partial charge in [-0.2, -0.15) is 0 Å². The number of benzene rings is 2. The fourth-order valence-electron chi connectivity index (χ4n) is 3.25. The van der Waals surface area contributed by atoms with Gasteiger partial charge in [-0.25, -0.2) is 0 Å². The van der Waals surface area contributed by atoms with Crippen LogP contribution in [0.5, 0.6) is 11.5 Å². The largest absolute Gasteiger partial charge is 0.504 e. The van der Waals surface area contributed by atoms with Crippen LogP contribution in [-0.4, -0.2) is 35.1 Å². The number of hydrogen-bond acceptors (Lipinski definition) is 4. The molecule has 0 bridgehead atoms. The van der Waals surface area contributed by atoms with E-state index >= 15 is 0 Å². The average Bonchev–Trinajstić information content (AvgIpc) is 2.76. The maximum Gasteiger partial charge on any atom is 0.171 e. The van der Waals surface area contributed by atoms with Gasteiger partial charge in [0.25, 0.3) is 0 Å². The zero-order valence-corrected chi connectivity index (χ0v) is 19.6. The molecule has 0 saturated carbocycles. The van der Waals surface area contributed by atoms with E-state index in [-0.39, 0.29) is 12.4 Å². The first kappa shape index (κ1) is 24.2. The van der Waals surface area contributed by atoms with Crippen LogP contribution in [0.3, 0.4) is 0 Å². The summed E-state index contributed by atoms with van der Waals surface area (Å²) in [5.74, 6) is 0.553. The van der Waals surface area contributed by atoms with Gasteiger partial charge in [0.05, 0.1) is 23.4 Å². The zero-order valence-electron chi connectivity index (χ0n) is 17.4. The Hall–Kier alpha value is -2.09. The molecular formula is C25H29IO4. The molecule has 4 nitrogen and oxygen atoms in total. The number of methoxy groups -OCH3 is 1. The Morgan fingerprint density at radius 1 is 1.23 bits per heavy atom. The minimum absolute atomic E-state index is 0.126. The highest BCUT2D eigenvalue weighted by atomic mass is 127. The standard InChI is InChI=1S/C25H29IO4/c1-4-17(2)21(12-13-27)23(28)11-10-20(19-8-6-5-7-9-19)14-18-15-22(26)25(29)24(16-18)30-3/h5-9,12,14-16,23,27-29H,2,4,10-11,13H2,1,3H3/b20-14-,21-12-. The Bertz CT molecular complexity index is 916. The van der Waals surface area contributed by atoms with E-state index in [4.69, 9.17) is 4.74 Å². The molecule has 2 aromatic rings. The Kier molecular flexibility index (Phi) is 9.62. The van der Waals surface area contributed by atoms with Gasteiger partial charge < -0.3 is 20.1 Å². The minimum atomic E-state index is -0.703. The van der Waals surface area contributed by atoms with E-state index in [0.717, 1.165) is 28.7 Å². The molecule has 0 aliphatic heterocycles. The van der Waals surface area contributed by atoms with Crippen LogP contribution in [0.4, 0.5) is 0 Å². The van der Waals surface area contributed by atoms with E-state index in [1.54, 1.807) is 12.1 Å². The SMILES string of the molecule is C=C(CC)/C(=C/CO)C(O)CC/C(=C/c1cc(I)c(O)c(OC)c1)c1ccccc1.